The van der Waals surface area contributed by atoms with Gasteiger partial charge in [-0.3, -0.25) is 4.98 Å². The monoisotopic (exact) mass is 343 g/mol. The van der Waals surface area contributed by atoms with Crippen LogP contribution in [0.1, 0.15) is 19.3 Å². The van der Waals surface area contributed by atoms with Crippen LogP contribution >= 0.6 is 15.9 Å². The van der Waals surface area contributed by atoms with Gasteiger partial charge in [-0.2, -0.15) is 0 Å². The van der Waals surface area contributed by atoms with Crippen LogP contribution in [0.15, 0.2) is 28.9 Å². The van der Waals surface area contributed by atoms with Crippen molar-refractivity contribution in [2.75, 3.05) is 11.1 Å². The van der Waals surface area contributed by atoms with Crippen molar-refractivity contribution in [1.29, 1.82) is 0 Å². The van der Waals surface area contributed by atoms with Crippen LogP contribution in [0.4, 0.5) is 11.4 Å². The normalized spacial score (nSPS) is 36.0. The van der Waals surface area contributed by atoms with Crippen molar-refractivity contribution in [2.45, 2.75) is 25.3 Å². The molecule has 3 fully saturated rings. The Balaban J connectivity index is 1.53. The molecular formula is C17H18BrN3. The van der Waals surface area contributed by atoms with Gasteiger partial charge in [-0.05, 0) is 61.1 Å². The Hall–Kier alpha value is -1.29. The molecule has 4 unspecified atom stereocenters. The lowest BCUT2D eigenvalue weighted by molar-refractivity contribution is 0.456. The number of halogens is 1. The topological polar surface area (TPSA) is 50.9 Å². The number of aromatic nitrogens is 1. The van der Waals surface area contributed by atoms with Crippen molar-refractivity contribution in [3.8, 4) is 0 Å². The summed E-state index contributed by atoms with van der Waals surface area (Å²) in [7, 11) is 0. The van der Waals surface area contributed by atoms with Crippen molar-refractivity contribution in [3.63, 3.8) is 0 Å². The molecule has 21 heavy (non-hydrogen) atoms. The third kappa shape index (κ3) is 1.68. The molecule has 108 valence electrons. The summed E-state index contributed by atoms with van der Waals surface area (Å²) in [4.78, 5) is 4.44. The number of hydrogen-bond donors (Lipinski definition) is 2. The summed E-state index contributed by atoms with van der Waals surface area (Å²) in [6.07, 6.45) is 6.15. The molecule has 3 saturated carbocycles. The smallest absolute Gasteiger partial charge is 0.0743 e. The van der Waals surface area contributed by atoms with Gasteiger partial charge in [0.25, 0.3) is 0 Å². The number of rotatable bonds is 2. The van der Waals surface area contributed by atoms with Gasteiger partial charge in [0.05, 0.1) is 23.1 Å². The largest absolute Gasteiger partial charge is 0.396 e. The third-order valence-electron chi connectivity index (χ3n) is 5.91. The van der Waals surface area contributed by atoms with Gasteiger partial charge in [0.2, 0.25) is 0 Å². The molecule has 4 heteroatoms. The lowest BCUT2D eigenvalue weighted by Crippen LogP contribution is -2.14. The zero-order chi connectivity index (χ0) is 14.1. The molecule has 0 radical (unpaired) electrons. The number of pyridine rings is 1. The first-order valence-electron chi connectivity index (χ1n) is 7.82. The second-order valence-corrected chi connectivity index (χ2v) is 7.82. The van der Waals surface area contributed by atoms with Gasteiger partial charge in [-0.15, -0.1) is 0 Å². The molecule has 2 bridgehead atoms. The molecule has 3 nitrogen and oxygen atoms in total. The highest BCUT2D eigenvalue weighted by Crippen LogP contribution is 2.66. The highest BCUT2D eigenvalue weighted by atomic mass is 79.9. The minimum absolute atomic E-state index is 0.642. The summed E-state index contributed by atoms with van der Waals surface area (Å²) in [6, 6.07) is 6.83. The fourth-order valence-electron chi connectivity index (χ4n) is 5.03. The van der Waals surface area contributed by atoms with E-state index < -0.39 is 0 Å². The van der Waals surface area contributed by atoms with Crippen LogP contribution in [0.3, 0.4) is 0 Å². The van der Waals surface area contributed by atoms with E-state index in [-0.39, 0.29) is 0 Å². The van der Waals surface area contributed by atoms with E-state index in [4.69, 9.17) is 5.73 Å². The van der Waals surface area contributed by atoms with E-state index in [2.05, 4.69) is 32.3 Å². The standard InChI is InChI=1S/C17H18BrN3/c18-10-3-4-13-11(6-10)16(12(19)7-20-13)21-17-14-8-1-2-9(5-8)15(14)17/h3-4,6-9,14-15,17H,1-2,5,19H2,(H,20,21). The molecule has 0 amide bonds. The second-order valence-electron chi connectivity index (χ2n) is 6.91. The van der Waals surface area contributed by atoms with Crippen LogP contribution in [-0.4, -0.2) is 11.0 Å². The van der Waals surface area contributed by atoms with Crippen molar-refractivity contribution in [3.05, 3.63) is 28.9 Å². The maximum absolute atomic E-state index is 6.21. The predicted octanol–water partition coefficient (Wildman–Crippen LogP) is 4.04. The predicted molar refractivity (Wildman–Crippen MR) is 89.1 cm³/mol. The van der Waals surface area contributed by atoms with E-state index in [1.165, 1.54) is 19.3 Å². The molecular weight excluding hydrogens is 326 g/mol. The number of nitrogens with two attached hydrogens (primary N) is 1. The minimum Gasteiger partial charge on any atom is -0.396 e. The molecule has 0 saturated heterocycles. The summed E-state index contributed by atoms with van der Waals surface area (Å²) in [5.41, 5.74) is 9.06. The molecule has 0 spiro atoms. The Kier molecular flexibility index (Phi) is 2.41. The van der Waals surface area contributed by atoms with Gasteiger partial charge in [0.15, 0.2) is 0 Å². The SMILES string of the molecule is Nc1cnc2ccc(Br)cc2c1NC1C2C3CCC(C3)C12. The molecule has 5 rings (SSSR count). The van der Waals surface area contributed by atoms with Crippen molar-refractivity contribution < 1.29 is 0 Å². The maximum Gasteiger partial charge on any atom is 0.0743 e. The second kappa shape index (κ2) is 4.13. The molecule has 3 aliphatic carbocycles. The van der Waals surface area contributed by atoms with E-state index in [1.54, 1.807) is 6.20 Å². The van der Waals surface area contributed by atoms with E-state index >= 15 is 0 Å². The average molecular weight is 344 g/mol. The van der Waals surface area contributed by atoms with Crippen LogP contribution in [0.25, 0.3) is 10.9 Å². The molecule has 1 aromatic heterocycles. The van der Waals surface area contributed by atoms with Crippen LogP contribution in [0, 0.1) is 23.7 Å². The number of anilines is 2. The lowest BCUT2D eigenvalue weighted by atomic mass is 10.0. The number of nitrogens with one attached hydrogen (secondary N) is 1. The molecule has 3 aliphatic rings. The Morgan fingerprint density at radius 2 is 1.95 bits per heavy atom. The molecule has 1 heterocycles. The van der Waals surface area contributed by atoms with Gasteiger partial charge in [-0.1, -0.05) is 15.9 Å². The fourth-order valence-corrected chi connectivity index (χ4v) is 5.39. The van der Waals surface area contributed by atoms with Crippen LogP contribution in [-0.2, 0) is 0 Å². The van der Waals surface area contributed by atoms with Crippen molar-refractivity contribution in [2.24, 2.45) is 23.7 Å². The molecule has 2 aromatic rings. The summed E-state index contributed by atoms with van der Waals surface area (Å²) >= 11 is 3.55. The first kappa shape index (κ1) is 12.3. The Morgan fingerprint density at radius 1 is 1.19 bits per heavy atom. The quantitative estimate of drug-likeness (QED) is 0.865. The zero-order valence-electron chi connectivity index (χ0n) is 11.7. The van der Waals surface area contributed by atoms with E-state index in [9.17, 15) is 0 Å². The van der Waals surface area contributed by atoms with Crippen LogP contribution in [0.5, 0.6) is 0 Å². The first-order chi connectivity index (χ1) is 10.2. The number of fused-ring (bicyclic) bond motifs is 6. The van der Waals surface area contributed by atoms with Gasteiger partial charge in [0, 0.05) is 15.9 Å². The Bertz CT molecular complexity index is 723. The van der Waals surface area contributed by atoms with Crippen molar-refractivity contribution >= 4 is 38.2 Å². The Labute approximate surface area is 132 Å². The number of nitrogen functional groups attached to an aromatic ring is 1. The van der Waals surface area contributed by atoms with Gasteiger partial charge in [-0.25, -0.2) is 0 Å². The zero-order valence-corrected chi connectivity index (χ0v) is 13.3. The highest BCUT2D eigenvalue weighted by Gasteiger charge is 2.65. The maximum atomic E-state index is 6.21. The Morgan fingerprint density at radius 3 is 2.71 bits per heavy atom. The van der Waals surface area contributed by atoms with Gasteiger partial charge >= 0.3 is 0 Å². The fraction of sp³-hybridized carbons (Fsp3) is 0.471. The third-order valence-corrected chi connectivity index (χ3v) is 6.40. The highest BCUT2D eigenvalue weighted by molar-refractivity contribution is 9.10. The summed E-state index contributed by atoms with van der Waals surface area (Å²) in [5, 5.41) is 4.90. The number of benzene rings is 1. The van der Waals surface area contributed by atoms with Crippen LogP contribution < -0.4 is 11.1 Å². The molecule has 1 aromatic carbocycles. The van der Waals surface area contributed by atoms with E-state index in [1.807, 2.05) is 12.1 Å². The summed E-state index contributed by atoms with van der Waals surface area (Å²) in [6.45, 7) is 0. The van der Waals surface area contributed by atoms with E-state index in [0.29, 0.717) is 6.04 Å². The summed E-state index contributed by atoms with van der Waals surface area (Å²) < 4.78 is 1.07. The van der Waals surface area contributed by atoms with Gasteiger partial charge in [0.1, 0.15) is 0 Å². The minimum atomic E-state index is 0.642. The molecule has 3 N–H and O–H groups in total. The lowest BCUT2D eigenvalue weighted by Gasteiger charge is -2.15. The summed E-state index contributed by atoms with van der Waals surface area (Å²) in [5.74, 6) is 3.74. The van der Waals surface area contributed by atoms with Crippen LogP contribution in [0.2, 0.25) is 0 Å². The number of nitrogens with zero attached hydrogens (tertiary/aromatic N) is 1. The van der Waals surface area contributed by atoms with E-state index in [0.717, 1.165) is 50.4 Å². The number of hydrogen-bond acceptors (Lipinski definition) is 3. The molecule has 4 atom stereocenters. The average Bonchev–Trinajstić information content (AvgIpc) is 2.86. The van der Waals surface area contributed by atoms with Crippen molar-refractivity contribution in [1.82, 2.24) is 4.98 Å². The first-order valence-corrected chi connectivity index (χ1v) is 8.62. The molecule has 0 aliphatic heterocycles. The van der Waals surface area contributed by atoms with Gasteiger partial charge < -0.3 is 11.1 Å².